The zero-order chi connectivity index (χ0) is 17.8. The molecule has 0 amide bonds. The lowest BCUT2D eigenvalue weighted by atomic mass is 9.80. The SMILES string of the molecule is COc1cc2c(cc1OC)C1c3ccc(O)c(OC)c3OCC1(O)C2. The molecule has 1 aliphatic heterocycles. The van der Waals surface area contributed by atoms with E-state index in [1.54, 1.807) is 26.4 Å². The Bertz CT molecular complexity index is 846. The van der Waals surface area contributed by atoms with Gasteiger partial charge in [0, 0.05) is 17.9 Å². The van der Waals surface area contributed by atoms with Crippen molar-refractivity contribution in [2.75, 3.05) is 27.9 Å². The van der Waals surface area contributed by atoms with Gasteiger partial charge in [0.25, 0.3) is 0 Å². The van der Waals surface area contributed by atoms with Gasteiger partial charge in [-0.25, -0.2) is 0 Å². The third kappa shape index (κ3) is 2.14. The minimum Gasteiger partial charge on any atom is -0.504 e. The molecule has 0 aromatic heterocycles. The zero-order valence-electron chi connectivity index (χ0n) is 14.3. The van der Waals surface area contributed by atoms with Crippen molar-refractivity contribution in [1.82, 2.24) is 0 Å². The summed E-state index contributed by atoms with van der Waals surface area (Å²) in [7, 11) is 4.66. The lowest BCUT2D eigenvalue weighted by Crippen LogP contribution is -2.44. The quantitative estimate of drug-likeness (QED) is 0.889. The van der Waals surface area contributed by atoms with E-state index in [0.29, 0.717) is 23.7 Å². The standard InChI is InChI=1S/C19H20O6/c1-22-14-6-10-8-19(21)9-25-17-11(4-5-13(20)18(17)24-3)16(19)12(10)7-15(14)23-2/h4-7,16,20-21H,8-9H2,1-3H3. The second kappa shape index (κ2) is 5.46. The first-order valence-corrected chi connectivity index (χ1v) is 8.02. The van der Waals surface area contributed by atoms with Gasteiger partial charge >= 0.3 is 0 Å². The molecular weight excluding hydrogens is 324 g/mol. The maximum atomic E-state index is 11.2. The van der Waals surface area contributed by atoms with Gasteiger partial charge in [0.05, 0.1) is 21.3 Å². The van der Waals surface area contributed by atoms with Gasteiger partial charge in [-0.3, -0.25) is 0 Å². The summed E-state index contributed by atoms with van der Waals surface area (Å²) in [6, 6.07) is 7.15. The number of methoxy groups -OCH3 is 3. The Kier molecular flexibility index (Phi) is 3.47. The van der Waals surface area contributed by atoms with E-state index in [1.165, 1.54) is 7.11 Å². The van der Waals surface area contributed by atoms with Crippen LogP contribution < -0.4 is 18.9 Å². The smallest absolute Gasteiger partial charge is 0.203 e. The number of hydrogen-bond acceptors (Lipinski definition) is 6. The van der Waals surface area contributed by atoms with E-state index in [1.807, 2.05) is 12.1 Å². The van der Waals surface area contributed by atoms with Crippen molar-refractivity contribution in [2.45, 2.75) is 17.9 Å². The van der Waals surface area contributed by atoms with Crippen molar-refractivity contribution < 1.29 is 29.2 Å². The molecule has 0 radical (unpaired) electrons. The number of ether oxygens (including phenoxy) is 4. The van der Waals surface area contributed by atoms with Crippen LogP contribution in [0.25, 0.3) is 0 Å². The highest BCUT2D eigenvalue weighted by Crippen LogP contribution is 2.56. The number of aliphatic hydroxyl groups is 1. The molecule has 1 aliphatic carbocycles. The fourth-order valence-electron chi connectivity index (χ4n) is 4.01. The first kappa shape index (κ1) is 15.9. The van der Waals surface area contributed by atoms with Crippen molar-refractivity contribution in [2.24, 2.45) is 0 Å². The number of hydrogen-bond donors (Lipinski definition) is 2. The molecule has 2 unspecified atom stereocenters. The number of benzene rings is 2. The highest BCUT2D eigenvalue weighted by molar-refractivity contribution is 5.63. The van der Waals surface area contributed by atoms with E-state index in [-0.39, 0.29) is 24.0 Å². The molecular formula is C19H20O6. The average Bonchev–Trinajstić information content (AvgIpc) is 2.91. The second-order valence-electron chi connectivity index (χ2n) is 6.44. The molecule has 1 heterocycles. The molecule has 4 rings (SSSR count). The van der Waals surface area contributed by atoms with Gasteiger partial charge in [-0.15, -0.1) is 0 Å². The van der Waals surface area contributed by atoms with E-state index in [0.717, 1.165) is 16.7 Å². The molecule has 132 valence electrons. The Morgan fingerprint density at radius 2 is 1.76 bits per heavy atom. The molecule has 2 atom stereocenters. The average molecular weight is 344 g/mol. The van der Waals surface area contributed by atoms with Crippen LogP contribution in [0, 0.1) is 0 Å². The highest BCUT2D eigenvalue weighted by Gasteiger charge is 2.51. The third-order valence-electron chi connectivity index (χ3n) is 5.09. The number of rotatable bonds is 3. The van der Waals surface area contributed by atoms with Gasteiger partial charge in [-0.2, -0.15) is 0 Å². The molecule has 25 heavy (non-hydrogen) atoms. The lowest BCUT2D eigenvalue weighted by Gasteiger charge is -2.37. The number of fused-ring (bicyclic) bond motifs is 5. The van der Waals surface area contributed by atoms with Crippen molar-refractivity contribution in [1.29, 1.82) is 0 Å². The summed E-state index contributed by atoms with van der Waals surface area (Å²) < 4.78 is 21.9. The van der Waals surface area contributed by atoms with Gasteiger partial charge in [0.1, 0.15) is 12.2 Å². The van der Waals surface area contributed by atoms with E-state index in [4.69, 9.17) is 18.9 Å². The molecule has 0 saturated carbocycles. The van der Waals surface area contributed by atoms with E-state index >= 15 is 0 Å². The molecule has 2 aliphatic rings. The summed E-state index contributed by atoms with van der Waals surface area (Å²) in [5, 5.41) is 21.2. The molecule has 0 fully saturated rings. The van der Waals surface area contributed by atoms with Gasteiger partial charge < -0.3 is 29.2 Å². The van der Waals surface area contributed by atoms with Crippen molar-refractivity contribution in [3.05, 3.63) is 41.0 Å². The molecule has 2 aromatic rings. The Labute approximate surface area is 145 Å². The predicted molar refractivity (Wildman–Crippen MR) is 90.2 cm³/mol. The van der Waals surface area contributed by atoms with Crippen LogP contribution in [0.3, 0.4) is 0 Å². The molecule has 0 bridgehead atoms. The summed E-state index contributed by atoms with van der Waals surface area (Å²) in [4.78, 5) is 0. The summed E-state index contributed by atoms with van der Waals surface area (Å²) in [5.74, 6) is 1.73. The number of aromatic hydroxyl groups is 1. The van der Waals surface area contributed by atoms with Crippen LogP contribution in [-0.4, -0.2) is 43.8 Å². The largest absolute Gasteiger partial charge is 0.504 e. The third-order valence-corrected chi connectivity index (χ3v) is 5.09. The summed E-state index contributed by atoms with van der Waals surface area (Å²) >= 11 is 0. The summed E-state index contributed by atoms with van der Waals surface area (Å²) in [6.45, 7) is 0.115. The van der Waals surface area contributed by atoms with Crippen LogP contribution in [0.2, 0.25) is 0 Å². The van der Waals surface area contributed by atoms with Crippen molar-refractivity contribution in [3.63, 3.8) is 0 Å². The second-order valence-corrected chi connectivity index (χ2v) is 6.44. The first-order valence-electron chi connectivity index (χ1n) is 8.02. The molecule has 2 N–H and O–H groups in total. The minimum atomic E-state index is -1.06. The summed E-state index contributed by atoms with van der Waals surface area (Å²) in [5.41, 5.74) is 1.69. The fourth-order valence-corrected chi connectivity index (χ4v) is 4.01. The number of phenols is 1. The van der Waals surface area contributed by atoms with Crippen molar-refractivity contribution in [3.8, 4) is 28.7 Å². The van der Waals surface area contributed by atoms with Gasteiger partial charge in [0.15, 0.2) is 23.0 Å². The highest BCUT2D eigenvalue weighted by atomic mass is 16.5. The van der Waals surface area contributed by atoms with E-state index in [2.05, 4.69) is 0 Å². The minimum absolute atomic E-state index is 0.0113. The van der Waals surface area contributed by atoms with E-state index < -0.39 is 5.60 Å². The predicted octanol–water partition coefficient (Wildman–Crippen LogP) is 2.23. The fraction of sp³-hybridized carbons (Fsp3) is 0.368. The van der Waals surface area contributed by atoms with Crippen LogP contribution in [0.1, 0.15) is 22.6 Å². The maximum absolute atomic E-state index is 11.2. The van der Waals surface area contributed by atoms with Gasteiger partial charge in [-0.1, -0.05) is 6.07 Å². The Morgan fingerprint density at radius 3 is 2.44 bits per heavy atom. The van der Waals surface area contributed by atoms with Crippen LogP contribution in [-0.2, 0) is 6.42 Å². The van der Waals surface area contributed by atoms with Crippen LogP contribution in [0.4, 0.5) is 0 Å². The van der Waals surface area contributed by atoms with E-state index in [9.17, 15) is 10.2 Å². The molecule has 0 spiro atoms. The number of phenolic OH excluding ortho intramolecular Hbond substituents is 1. The molecule has 6 heteroatoms. The van der Waals surface area contributed by atoms with Crippen molar-refractivity contribution >= 4 is 0 Å². The molecule has 2 aromatic carbocycles. The normalized spacial score (nSPS) is 23.1. The van der Waals surface area contributed by atoms with Crippen LogP contribution in [0.15, 0.2) is 24.3 Å². The monoisotopic (exact) mass is 344 g/mol. The van der Waals surface area contributed by atoms with Crippen LogP contribution >= 0.6 is 0 Å². The Hall–Kier alpha value is -2.60. The maximum Gasteiger partial charge on any atom is 0.203 e. The topological polar surface area (TPSA) is 77.4 Å². The van der Waals surface area contributed by atoms with Crippen LogP contribution in [0.5, 0.6) is 28.7 Å². The lowest BCUT2D eigenvalue weighted by molar-refractivity contribution is -0.0228. The van der Waals surface area contributed by atoms with Gasteiger partial charge in [-0.05, 0) is 29.3 Å². The Morgan fingerprint density at radius 1 is 1.04 bits per heavy atom. The zero-order valence-corrected chi connectivity index (χ0v) is 14.3. The molecule has 0 saturated heterocycles. The molecule has 6 nitrogen and oxygen atoms in total. The Balaban J connectivity index is 1.93. The van der Waals surface area contributed by atoms with Gasteiger partial charge in [0.2, 0.25) is 5.75 Å². The summed E-state index contributed by atoms with van der Waals surface area (Å²) in [6.07, 6.45) is 0.454. The first-order chi connectivity index (χ1) is 12.0.